The second kappa shape index (κ2) is 3.52. The van der Waals surface area contributed by atoms with Crippen LogP contribution in [0.25, 0.3) is 0 Å². The van der Waals surface area contributed by atoms with Crippen molar-refractivity contribution in [2.24, 2.45) is 17.6 Å². The Morgan fingerprint density at radius 3 is 2.47 bits per heavy atom. The van der Waals surface area contributed by atoms with Crippen LogP contribution >= 0.6 is 11.3 Å². The summed E-state index contributed by atoms with van der Waals surface area (Å²) in [5.41, 5.74) is 5.80. The van der Waals surface area contributed by atoms with E-state index in [1.54, 1.807) is 11.3 Å². The van der Waals surface area contributed by atoms with E-state index in [0.29, 0.717) is 0 Å². The first kappa shape index (κ1) is 9.73. The van der Waals surface area contributed by atoms with Crippen LogP contribution in [0.1, 0.15) is 54.6 Å². The van der Waals surface area contributed by atoms with E-state index in [1.165, 1.54) is 30.7 Å². The van der Waals surface area contributed by atoms with E-state index in [1.807, 2.05) is 6.92 Å². The summed E-state index contributed by atoms with van der Waals surface area (Å²) in [5.74, 6) is 2.58. The number of fused-ring (bicyclic) bond motifs is 1. The molecule has 0 amide bonds. The predicted molar refractivity (Wildman–Crippen MR) is 60.7 cm³/mol. The van der Waals surface area contributed by atoms with Gasteiger partial charge >= 0.3 is 0 Å². The number of hydrogen-bond acceptors (Lipinski definition) is 4. The molecular weight excluding hydrogens is 206 g/mol. The molecule has 0 bridgehead atoms. The number of hydrogen-bond donors (Lipinski definition) is 1. The van der Waals surface area contributed by atoms with Crippen LogP contribution in [0, 0.1) is 11.8 Å². The van der Waals surface area contributed by atoms with E-state index in [4.69, 9.17) is 5.73 Å². The molecule has 0 aliphatic heterocycles. The van der Waals surface area contributed by atoms with Crippen molar-refractivity contribution in [3.63, 3.8) is 0 Å². The minimum atomic E-state index is 0.0389. The van der Waals surface area contributed by atoms with Crippen molar-refractivity contribution >= 4 is 11.3 Å². The van der Waals surface area contributed by atoms with Crippen molar-refractivity contribution < 1.29 is 0 Å². The largest absolute Gasteiger partial charge is 0.322 e. The van der Waals surface area contributed by atoms with Crippen LogP contribution in [0.15, 0.2) is 0 Å². The van der Waals surface area contributed by atoms with Crippen molar-refractivity contribution in [3.05, 3.63) is 10.0 Å². The highest BCUT2D eigenvalue weighted by atomic mass is 32.1. The first-order valence-corrected chi connectivity index (χ1v) is 6.68. The maximum Gasteiger partial charge on any atom is 0.133 e. The normalized spacial score (nSPS) is 36.0. The van der Waals surface area contributed by atoms with Gasteiger partial charge in [0, 0.05) is 5.92 Å². The first-order chi connectivity index (χ1) is 7.27. The van der Waals surface area contributed by atoms with Gasteiger partial charge in [-0.3, -0.25) is 0 Å². The van der Waals surface area contributed by atoms with Gasteiger partial charge in [-0.2, -0.15) is 0 Å². The highest BCUT2D eigenvalue weighted by Gasteiger charge is 2.53. The van der Waals surface area contributed by atoms with Gasteiger partial charge in [0.15, 0.2) is 0 Å². The lowest BCUT2D eigenvalue weighted by atomic mass is 10.0. The molecule has 3 nitrogen and oxygen atoms in total. The molecule has 3 atom stereocenters. The Hall–Kier alpha value is -0.480. The molecule has 2 aliphatic carbocycles. The van der Waals surface area contributed by atoms with Crippen LogP contribution < -0.4 is 5.73 Å². The Labute approximate surface area is 94.1 Å². The summed E-state index contributed by atoms with van der Waals surface area (Å²) in [5, 5.41) is 10.7. The molecule has 2 aliphatic rings. The van der Waals surface area contributed by atoms with Crippen LogP contribution in [0.5, 0.6) is 0 Å². The average molecular weight is 223 g/mol. The van der Waals surface area contributed by atoms with E-state index in [9.17, 15) is 0 Å². The first-order valence-electron chi connectivity index (χ1n) is 5.86. The maximum atomic E-state index is 5.80. The Morgan fingerprint density at radius 1 is 1.27 bits per heavy atom. The molecule has 1 heterocycles. The fourth-order valence-corrected chi connectivity index (χ4v) is 3.97. The van der Waals surface area contributed by atoms with E-state index >= 15 is 0 Å². The highest BCUT2D eigenvalue weighted by molar-refractivity contribution is 7.11. The minimum absolute atomic E-state index is 0.0389. The Balaban J connectivity index is 1.77. The summed E-state index contributed by atoms with van der Waals surface area (Å²) in [7, 11) is 0. The molecule has 4 heteroatoms. The monoisotopic (exact) mass is 223 g/mol. The van der Waals surface area contributed by atoms with Crippen molar-refractivity contribution in [2.75, 3.05) is 0 Å². The second-order valence-electron chi connectivity index (χ2n) is 4.91. The zero-order chi connectivity index (χ0) is 10.4. The Kier molecular flexibility index (Phi) is 2.29. The van der Waals surface area contributed by atoms with Crippen LogP contribution in [-0.2, 0) is 0 Å². The molecule has 0 aromatic carbocycles. The maximum absolute atomic E-state index is 5.80. The number of rotatable bonds is 2. The van der Waals surface area contributed by atoms with E-state index in [-0.39, 0.29) is 6.04 Å². The number of aromatic nitrogens is 2. The fraction of sp³-hybridized carbons (Fsp3) is 0.818. The van der Waals surface area contributed by atoms with Crippen molar-refractivity contribution in [3.8, 4) is 0 Å². The molecule has 2 fully saturated rings. The van der Waals surface area contributed by atoms with Gasteiger partial charge in [-0.15, -0.1) is 10.2 Å². The predicted octanol–water partition coefficient (Wildman–Crippen LogP) is 2.46. The van der Waals surface area contributed by atoms with Crippen LogP contribution in [-0.4, -0.2) is 10.2 Å². The van der Waals surface area contributed by atoms with E-state index in [0.717, 1.165) is 22.8 Å². The Morgan fingerprint density at radius 2 is 1.93 bits per heavy atom. The van der Waals surface area contributed by atoms with Gasteiger partial charge in [-0.25, -0.2) is 0 Å². The smallest absolute Gasteiger partial charge is 0.133 e. The molecule has 0 radical (unpaired) electrons. The van der Waals surface area contributed by atoms with Gasteiger partial charge < -0.3 is 5.73 Å². The Bertz CT molecular complexity index is 348. The third kappa shape index (κ3) is 1.60. The molecule has 3 rings (SSSR count). The molecular formula is C11H17N3S. The molecule has 82 valence electrons. The standard InChI is InChI=1S/C11H17N3S/c1-6(12)10-13-14-11(15-10)9-7-4-2-3-5-8(7)9/h6-9H,2-5,12H2,1H3. The van der Waals surface area contributed by atoms with Crippen molar-refractivity contribution in [1.82, 2.24) is 10.2 Å². The third-order valence-electron chi connectivity index (χ3n) is 3.79. The van der Waals surface area contributed by atoms with Crippen LogP contribution in [0.2, 0.25) is 0 Å². The molecule has 1 aromatic heterocycles. The lowest BCUT2D eigenvalue weighted by Gasteiger charge is -2.04. The van der Waals surface area contributed by atoms with E-state index in [2.05, 4.69) is 10.2 Å². The van der Waals surface area contributed by atoms with Gasteiger partial charge in [0.25, 0.3) is 0 Å². The highest BCUT2D eigenvalue weighted by Crippen LogP contribution is 2.61. The van der Waals surface area contributed by atoms with Crippen molar-refractivity contribution in [2.45, 2.75) is 44.6 Å². The molecule has 1 aromatic rings. The van der Waals surface area contributed by atoms with Gasteiger partial charge in [0.1, 0.15) is 10.0 Å². The lowest BCUT2D eigenvalue weighted by Crippen LogP contribution is -2.03. The van der Waals surface area contributed by atoms with Gasteiger partial charge in [0.2, 0.25) is 0 Å². The summed E-state index contributed by atoms with van der Waals surface area (Å²) in [4.78, 5) is 0. The van der Waals surface area contributed by atoms with Crippen LogP contribution in [0.3, 0.4) is 0 Å². The SMILES string of the molecule is CC(N)c1nnc(C2C3CCCCC32)s1. The van der Waals surface area contributed by atoms with Gasteiger partial charge in [-0.05, 0) is 31.6 Å². The molecule has 2 saturated carbocycles. The second-order valence-corrected chi connectivity index (χ2v) is 5.95. The zero-order valence-corrected chi connectivity index (χ0v) is 9.83. The molecule has 0 saturated heterocycles. The van der Waals surface area contributed by atoms with Crippen LogP contribution in [0.4, 0.5) is 0 Å². The molecule has 3 unspecified atom stereocenters. The van der Waals surface area contributed by atoms with Gasteiger partial charge in [0.05, 0.1) is 6.04 Å². The topological polar surface area (TPSA) is 51.8 Å². The van der Waals surface area contributed by atoms with Crippen molar-refractivity contribution in [1.29, 1.82) is 0 Å². The van der Waals surface area contributed by atoms with E-state index < -0.39 is 0 Å². The lowest BCUT2D eigenvalue weighted by molar-refractivity contribution is 0.480. The molecule has 15 heavy (non-hydrogen) atoms. The molecule has 0 spiro atoms. The summed E-state index contributed by atoms with van der Waals surface area (Å²) >= 11 is 1.73. The minimum Gasteiger partial charge on any atom is -0.322 e. The quantitative estimate of drug-likeness (QED) is 0.838. The number of nitrogens with zero attached hydrogens (tertiary/aromatic N) is 2. The summed E-state index contributed by atoms with van der Waals surface area (Å²) in [6, 6.07) is 0.0389. The average Bonchev–Trinajstić information content (AvgIpc) is 2.75. The molecule has 2 N–H and O–H groups in total. The summed E-state index contributed by atoms with van der Waals surface area (Å²) < 4.78 is 0. The fourth-order valence-electron chi connectivity index (χ4n) is 2.92. The summed E-state index contributed by atoms with van der Waals surface area (Å²) in [6.07, 6.45) is 5.64. The third-order valence-corrected chi connectivity index (χ3v) is 5.01. The number of nitrogens with two attached hydrogens (primary N) is 1. The van der Waals surface area contributed by atoms with Gasteiger partial charge in [-0.1, -0.05) is 24.2 Å². The zero-order valence-electron chi connectivity index (χ0n) is 9.02. The summed E-state index contributed by atoms with van der Waals surface area (Å²) in [6.45, 7) is 1.98.